The van der Waals surface area contributed by atoms with E-state index in [1.165, 1.54) is 238 Å². The summed E-state index contributed by atoms with van der Waals surface area (Å²) in [4.78, 5) is 0. The zero-order valence-corrected chi connectivity index (χ0v) is 35.4. The van der Waals surface area contributed by atoms with Crippen LogP contribution < -0.4 is 0 Å². The molecule has 0 N–H and O–H groups in total. The first-order chi connectivity index (χ1) is 23.5. The number of unbranched alkanes of at least 4 members (excludes halogenated alkanes) is 26. The normalized spacial score (nSPS) is 14.5. The maximum absolute atomic E-state index is 2.54. The lowest BCUT2D eigenvalue weighted by molar-refractivity contribution is 0.0113. The van der Waals surface area contributed by atoms with Crippen LogP contribution in [0.5, 0.6) is 0 Å². The summed E-state index contributed by atoms with van der Waals surface area (Å²) in [5.41, 5.74) is 0.592. The van der Waals surface area contributed by atoms with Gasteiger partial charge < -0.3 is 0 Å². The molecule has 3 unspecified atom stereocenters. The van der Waals surface area contributed by atoms with E-state index < -0.39 is 0 Å². The van der Waals surface area contributed by atoms with Crippen LogP contribution in [-0.4, -0.2) is 0 Å². The number of hydrogen-bond donors (Lipinski definition) is 0. The van der Waals surface area contributed by atoms with E-state index in [1.54, 1.807) is 0 Å². The van der Waals surface area contributed by atoms with Crippen LogP contribution >= 0.6 is 0 Å². The predicted molar refractivity (Wildman–Crippen MR) is 223 cm³/mol. The monoisotopic (exact) mass is 675 g/mol. The summed E-state index contributed by atoms with van der Waals surface area (Å²) in [7, 11) is 0. The molecule has 0 aromatic carbocycles. The molecule has 0 aromatic rings. The topological polar surface area (TPSA) is 0 Å². The van der Waals surface area contributed by atoms with Crippen LogP contribution in [0.15, 0.2) is 0 Å². The van der Waals surface area contributed by atoms with Crippen LogP contribution in [0.1, 0.15) is 286 Å². The molecule has 0 aromatic heterocycles. The lowest BCUT2D eigenvalue weighted by Crippen LogP contribution is -2.39. The molecule has 0 heterocycles. The summed E-state index contributed by atoms with van der Waals surface area (Å²) >= 11 is 0. The molecule has 3 atom stereocenters. The summed E-state index contributed by atoms with van der Waals surface area (Å²) in [6, 6.07) is 0. The molecule has 0 fully saturated rings. The average Bonchev–Trinajstić information content (AvgIpc) is 3.07. The Morgan fingerprint density at radius 1 is 0.292 bits per heavy atom. The molecule has 0 saturated carbocycles. The van der Waals surface area contributed by atoms with E-state index in [0.717, 1.165) is 17.8 Å². The molecule has 0 aliphatic carbocycles. The Morgan fingerprint density at radius 2 is 0.604 bits per heavy atom. The largest absolute Gasteiger partial charge is 0.0654 e. The SMILES string of the molecule is CCCCCCCCCCCCCC(CCCC)C(CCC)(CCCCCCCCCCCC)C(CCCCCCCCC)CC(C)C. The van der Waals surface area contributed by atoms with Crippen molar-refractivity contribution in [1.29, 1.82) is 0 Å². The Balaban J connectivity index is 5.51. The smallest absolute Gasteiger partial charge is 0.0241 e. The summed E-state index contributed by atoms with van der Waals surface area (Å²) < 4.78 is 0. The van der Waals surface area contributed by atoms with Crippen LogP contribution in [0.2, 0.25) is 0 Å². The minimum atomic E-state index is 0.592. The molecule has 290 valence electrons. The van der Waals surface area contributed by atoms with Crippen molar-refractivity contribution in [2.45, 2.75) is 286 Å². The van der Waals surface area contributed by atoms with E-state index in [-0.39, 0.29) is 0 Å². The van der Waals surface area contributed by atoms with E-state index in [2.05, 4.69) is 48.5 Å². The Bertz CT molecular complexity index is 591. The van der Waals surface area contributed by atoms with E-state index in [1.807, 2.05) is 0 Å². The molecular weight excluding hydrogens is 577 g/mol. The first kappa shape index (κ1) is 48.0. The molecule has 48 heavy (non-hydrogen) atoms. The summed E-state index contributed by atoms with van der Waals surface area (Å²) in [6.45, 7) is 17.1. The highest BCUT2D eigenvalue weighted by Gasteiger charge is 2.43. The van der Waals surface area contributed by atoms with Gasteiger partial charge in [0.2, 0.25) is 0 Å². The Hall–Kier alpha value is 0. The van der Waals surface area contributed by atoms with Crippen LogP contribution in [0.25, 0.3) is 0 Å². The minimum Gasteiger partial charge on any atom is -0.0654 e. The maximum Gasteiger partial charge on any atom is -0.0241 e. The predicted octanol–water partition coefficient (Wildman–Crippen LogP) is 18.4. The first-order valence-electron chi connectivity index (χ1n) is 23.5. The highest BCUT2D eigenvalue weighted by Crippen LogP contribution is 2.53. The molecule has 0 aliphatic rings. The number of rotatable bonds is 40. The van der Waals surface area contributed by atoms with E-state index >= 15 is 0 Å². The van der Waals surface area contributed by atoms with Gasteiger partial charge in [-0.05, 0) is 61.7 Å². The van der Waals surface area contributed by atoms with Crippen LogP contribution in [-0.2, 0) is 0 Å². The third-order valence-electron chi connectivity index (χ3n) is 12.3. The molecule has 0 bridgehead atoms. The lowest BCUT2D eigenvalue weighted by Gasteiger charge is -2.49. The van der Waals surface area contributed by atoms with Crippen molar-refractivity contribution in [3.63, 3.8) is 0 Å². The van der Waals surface area contributed by atoms with Gasteiger partial charge in [0.1, 0.15) is 0 Å². The quantitative estimate of drug-likeness (QED) is 0.0567. The van der Waals surface area contributed by atoms with E-state index in [4.69, 9.17) is 0 Å². The van der Waals surface area contributed by atoms with Crippen LogP contribution in [0, 0.1) is 23.2 Å². The van der Waals surface area contributed by atoms with Gasteiger partial charge in [-0.1, -0.05) is 248 Å². The molecule has 0 nitrogen and oxygen atoms in total. The third-order valence-corrected chi connectivity index (χ3v) is 12.3. The molecule has 0 rings (SSSR count). The second kappa shape index (κ2) is 36.8. The molecule has 0 radical (unpaired) electrons. The zero-order valence-electron chi connectivity index (χ0n) is 35.4. The van der Waals surface area contributed by atoms with Crippen molar-refractivity contribution < 1.29 is 0 Å². The van der Waals surface area contributed by atoms with Gasteiger partial charge in [0.05, 0.1) is 0 Å². The Labute approximate surface area is 308 Å². The van der Waals surface area contributed by atoms with Gasteiger partial charge in [-0.2, -0.15) is 0 Å². The minimum absolute atomic E-state index is 0.592. The maximum atomic E-state index is 2.54. The average molecular weight is 675 g/mol. The summed E-state index contributed by atoms with van der Waals surface area (Å²) in [5.74, 6) is 2.74. The summed E-state index contributed by atoms with van der Waals surface area (Å²) in [6.07, 6.45) is 54.3. The van der Waals surface area contributed by atoms with Gasteiger partial charge in [-0.25, -0.2) is 0 Å². The fourth-order valence-electron chi connectivity index (χ4n) is 9.46. The lowest BCUT2D eigenvalue weighted by atomic mass is 9.56. The van der Waals surface area contributed by atoms with Gasteiger partial charge in [-0.15, -0.1) is 0 Å². The second-order valence-electron chi connectivity index (χ2n) is 17.3. The van der Waals surface area contributed by atoms with Crippen molar-refractivity contribution in [3.05, 3.63) is 0 Å². The Kier molecular flexibility index (Phi) is 36.8. The molecule has 0 amide bonds. The number of hydrogen-bond acceptors (Lipinski definition) is 0. The fraction of sp³-hybridized carbons (Fsp3) is 1.00. The van der Waals surface area contributed by atoms with Crippen molar-refractivity contribution >= 4 is 0 Å². The van der Waals surface area contributed by atoms with Crippen LogP contribution in [0.3, 0.4) is 0 Å². The molecule has 0 spiro atoms. The van der Waals surface area contributed by atoms with Gasteiger partial charge >= 0.3 is 0 Å². The molecular formula is C48H98. The first-order valence-corrected chi connectivity index (χ1v) is 23.5. The Morgan fingerprint density at radius 3 is 0.958 bits per heavy atom. The standard InChI is InChI=1S/C48H98/c1-8-13-17-20-23-25-27-28-31-33-36-40-46(39-16-11-4)48(42-12-5,43-38-35-32-29-26-24-21-18-14-9-2)47(44-45(6)7)41-37-34-30-22-19-15-10-3/h45-47H,8-44H2,1-7H3. The highest BCUT2D eigenvalue weighted by molar-refractivity contribution is 4.93. The highest BCUT2D eigenvalue weighted by atomic mass is 14.5. The molecule has 0 heteroatoms. The second-order valence-corrected chi connectivity index (χ2v) is 17.3. The fourth-order valence-corrected chi connectivity index (χ4v) is 9.46. The van der Waals surface area contributed by atoms with Crippen molar-refractivity contribution in [2.75, 3.05) is 0 Å². The summed E-state index contributed by atoms with van der Waals surface area (Å²) in [5, 5.41) is 0. The van der Waals surface area contributed by atoms with Gasteiger partial charge in [0, 0.05) is 0 Å². The van der Waals surface area contributed by atoms with Gasteiger partial charge in [0.25, 0.3) is 0 Å². The van der Waals surface area contributed by atoms with Gasteiger partial charge in [0.15, 0.2) is 0 Å². The zero-order chi connectivity index (χ0) is 35.4. The van der Waals surface area contributed by atoms with E-state index in [0.29, 0.717) is 5.41 Å². The van der Waals surface area contributed by atoms with Gasteiger partial charge in [-0.3, -0.25) is 0 Å². The van der Waals surface area contributed by atoms with E-state index in [9.17, 15) is 0 Å². The molecule has 0 aliphatic heterocycles. The van der Waals surface area contributed by atoms with Crippen molar-refractivity contribution in [1.82, 2.24) is 0 Å². The van der Waals surface area contributed by atoms with Crippen molar-refractivity contribution in [3.8, 4) is 0 Å². The third kappa shape index (κ3) is 26.8. The van der Waals surface area contributed by atoms with Crippen LogP contribution in [0.4, 0.5) is 0 Å². The van der Waals surface area contributed by atoms with Crippen molar-refractivity contribution in [2.24, 2.45) is 23.2 Å². The molecule has 0 saturated heterocycles.